The third-order valence-electron chi connectivity index (χ3n) is 4.06. The predicted octanol–water partition coefficient (Wildman–Crippen LogP) is 5.35. The van der Waals surface area contributed by atoms with E-state index in [4.69, 9.17) is 0 Å². The van der Waals surface area contributed by atoms with Crippen LogP contribution in [0.1, 0.15) is 24.5 Å². The highest BCUT2D eigenvalue weighted by Gasteiger charge is 2.23. The lowest BCUT2D eigenvalue weighted by Gasteiger charge is -2.12. The summed E-state index contributed by atoms with van der Waals surface area (Å²) in [5.74, 6) is -1.11. The highest BCUT2D eigenvalue weighted by atomic mass is 32.2. The fraction of sp³-hybridized carbons (Fsp3) is 0.167. The van der Waals surface area contributed by atoms with E-state index < -0.39 is 23.4 Å². The normalized spacial score (nSPS) is 12.8. The van der Waals surface area contributed by atoms with Crippen LogP contribution >= 0.6 is 11.8 Å². The smallest absolute Gasteiger partial charge is 0.269 e. The van der Waals surface area contributed by atoms with Gasteiger partial charge in [0.15, 0.2) is 5.82 Å². The minimum Gasteiger partial charge on any atom is -0.269 e. The van der Waals surface area contributed by atoms with Crippen LogP contribution in [-0.4, -0.2) is 24.7 Å². The molecule has 0 unspecified atom stereocenters. The lowest BCUT2D eigenvalue weighted by Crippen LogP contribution is -2.06. The topological polar surface area (TPSA) is 59.4 Å². The Bertz CT molecular complexity index is 1120. The summed E-state index contributed by atoms with van der Waals surface area (Å²) < 4.78 is 54.8. The molecule has 0 saturated carbocycles. The van der Waals surface area contributed by atoms with Crippen LogP contribution in [-0.2, 0) is 0 Å². The standard InChI is InChI=1S/C18H13F4N5S/c1-9(16-23-13-4-2-3-5-14(13)27(16)17(21)22)28-18-24-15(25-26-18)10-6-11(19)8-12(20)7-10/h2-9,17H,1H3,(H,24,25,26)/t9-/m0/s1. The molecule has 144 valence electrons. The van der Waals surface area contributed by atoms with Gasteiger partial charge in [0.2, 0.25) is 5.16 Å². The van der Waals surface area contributed by atoms with Crippen LogP contribution in [0.3, 0.4) is 0 Å². The van der Waals surface area contributed by atoms with E-state index in [0.29, 0.717) is 11.0 Å². The maximum Gasteiger partial charge on any atom is 0.320 e. The molecule has 4 rings (SSSR count). The van der Waals surface area contributed by atoms with Gasteiger partial charge >= 0.3 is 6.55 Å². The number of alkyl halides is 2. The average molecular weight is 407 g/mol. The molecule has 0 aliphatic heterocycles. The van der Waals surface area contributed by atoms with Crippen LogP contribution < -0.4 is 0 Å². The second kappa shape index (κ2) is 7.27. The van der Waals surface area contributed by atoms with Gasteiger partial charge in [0.25, 0.3) is 0 Å². The molecule has 2 aromatic carbocycles. The summed E-state index contributed by atoms with van der Waals surface area (Å²) in [6, 6.07) is 9.65. The molecule has 5 nitrogen and oxygen atoms in total. The number of fused-ring (bicyclic) bond motifs is 1. The first-order valence-electron chi connectivity index (χ1n) is 8.23. The Balaban J connectivity index is 1.63. The molecular formula is C18H13F4N5S. The molecule has 0 fully saturated rings. The van der Waals surface area contributed by atoms with E-state index in [2.05, 4.69) is 20.2 Å². The Morgan fingerprint density at radius 1 is 1.04 bits per heavy atom. The van der Waals surface area contributed by atoms with Crippen molar-refractivity contribution in [3.63, 3.8) is 0 Å². The second-order valence-corrected chi connectivity index (χ2v) is 7.30. The fourth-order valence-electron chi connectivity index (χ4n) is 2.88. The van der Waals surface area contributed by atoms with Gasteiger partial charge in [-0.2, -0.15) is 8.78 Å². The molecular weight excluding hydrogens is 394 g/mol. The van der Waals surface area contributed by atoms with Crippen molar-refractivity contribution in [2.45, 2.75) is 23.9 Å². The molecule has 0 bridgehead atoms. The Morgan fingerprint density at radius 3 is 2.46 bits per heavy atom. The molecule has 0 aliphatic carbocycles. The van der Waals surface area contributed by atoms with Crippen molar-refractivity contribution in [3.8, 4) is 11.4 Å². The Hall–Kier alpha value is -2.88. The molecule has 0 spiro atoms. The summed E-state index contributed by atoms with van der Waals surface area (Å²) in [5, 5.41) is 6.37. The zero-order chi connectivity index (χ0) is 19.8. The summed E-state index contributed by atoms with van der Waals surface area (Å²) in [6.07, 6.45) is 0. The van der Waals surface area contributed by atoms with Crippen molar-refractivity contribution in [1.29, 1.82) is 0 Å². The summed E-state index contributed by atoms with van der Waals surface area (Å²) >= 11 is 1.11. The molecule has 1 atom stereocenters. The molecule has 4 aromatic rings. The number of imidazole rings is 1. The van der Waals surface area contributed by atoms with Crippen molar-refractivity contribution in [2.75, 3.05) is 0 Å². The van der Waals surface area contributed by atoms with E-state index in [9.17, 15) is 17.6 Å². The van der Waals surface area contributed by atoms with Gasteiger partial charge in [-0.05, 0) is 31.2 Å². The van der Waals surface area contributed by atoms with Crippen LogP contribution in [0, 0.1) is 11.6 Å². The number of halogens is 4. The van der Waals surface area contributed by atoms with Gasteiger partial charge in [0.05, 0.1) is 16.3 Å². The van der Waals surface area contributed by atoms with E-state index in [0.717, 1.165) is 34.5 Å². The molecule has 2 aromatic heterocycles. The first kappa shape index (κ1) is 18.5. The lowest BCUT2D eigenvalue weighted by molar-refractivity contribution is 0.0715. The molecule has 0 saturated heterocycles. The van der Waals surface area contributed by atoms with E-state index in [1.165, 1.54) is 0 Å². The summed E-state index contributed by atoms with van der Waals surface area (Å²) in [5.41, 5.74) is 1.01. The van der Waals surface area contributed by atoms with E-state index in [1.807, 2.05) is 0 Å². The number of hydrogen-bond donors (Lipinski definition) is 1. The third-order valence-corrected chi connectivity index (χ3v) is 5.02. The summed E-state index contributed by atoms with van der Waals surface area (Å²) in [7, 11) is 0. The van der Waals surface area contributed by atoms with Crippen LogP contribution in [0.15, 0.2) is 47.6 Å². The van der Waals surface area contributed by atoms with Gasteiger partial charge in [-0.25, -0.2) is 18.7 Å². The molecule has 0 radical (unpaired) electrons. The molecule has 10 heteroatoms. The Labute approximate surface area is 160 Å². The zero-order valence-electron chi connectivity index (χ0n) is 14.4. The molecule has 0 amide bonds. The Kier molecular flexibility index (Phi) is 4.80. The largest absolute Gasteiger partial charge is 0.320 e. The van der Waals surface area contributed by atoms with Crippen LogP contribution in [0.25, 0.3) is 22.4 Å². The third kappa shape index (κ3) is 3.47. The van der Waals surface area contributed by atoms with E-state index >= 15 is 0 Å². The average Bonchev–Trinajstić information content (AvgIpc) is 3.25. The van der Waals surface area contributed by atoms with Crippen molar-refractivity contribution in [1.82, 2.24) is 24.7 Å². The minimum atomic E-state index is -2.75. The van der Waals surface area contributed by atoms with Crippen LogP contribution in [0.4, 0.5) is 17.6 Å². The number of thioether (sulfide) groups is 1. The van der Waals surface area contributed by atoms with Crippen molar-refractivity contribution >= 4 is 22.8 Å². The fourth-order valence-corrected chi connectivity index (χ4v) is 3.71. The minimum absolute atomic E-state index is 0.176. The van der Waals surface area contributed by atoms with Crippen LogP contribution in [0.5, 0.6) is 0 Å². The maximum absolute atomic E-state index is 13.6. The monoisotopic (exact) mass is 407 g/mol. The number of hydrogen-bond acceptors (Lipinski definition) is 4. The number of aromatic nitrogens is 5. The second-order valence-electron chi connectivity index (χ2n) is 5.99. The SMILES string of the molecule is C[C@H](Sc1n[nH]c(-c2cc(F)cc(F)c2)n1)c1nc2ccccc2n1C(F)F. The first-order valence-corrected chi connectivity index (χ1v) is 9.11. The quantitative estimate of drug-likeness (QED) is 0.358. The number of benzene rings is 2. The zero-order valence-corrected chi connectivity index (χ0v) is 15.2. The predicted molar refractivity (Wildman–Crippen MR) is 97.0 cm³/mol. The van der Waals surface area contributed by atoms with Crippen molar-refractivity contribution in [3.05, 3.63) is 59.9 Å². The van der Waals surface area contributed by atoms with E-state index in [1.54, 1.807) is 31.2 Å². The summed E-state index contributed by atoms with van der Waals surface area (Å²) in [4.78, 5) is 8.51. The van der Waals surface area contributed by atoms with Gasteiger partial charge < -0.3 is 0 Å². The van der Waals surface area contributed by atoms with Crippen molar-refractivity contribution in [2.24, 2.45) is 0 Å². The number of rotatable bonds is 5. The molecule has 28 heavy (non-hydrogen) atoms. The van der Waals surface area contributed by atoms with Gasteiger partial charge in [-0.3, -0.25) is 9.67 Å². The van der Waals surface area contributed by atoms with Gasteiger partial charge in [0.1, 0.15) is 17.5 Å². The number of aromatic amines is 1. The highest BCUT2D eigenvalue weighted by Crippen LogP contribution is 2.36. The summed E-state index contributed by atoms with van der Waals surface area (Å²) in [6.45, 7) is -1.04. The first-order chi connectivity index (χ1) is 13.4. The molecule has 0 aliphatic rings. The van der Waals surface area contributed by atoms with Gasteiger partial charge in [-0.15, -0.1) is 5.10 Å². The lowest BCUT2D eigenvalue weighted by atomic mass is 10.2. The van der Waals surface area contributed by atoms with Crippen LogP contribution in [0.2, 0.25) is 0 Å². The van der Waals surface area contributed by atoms with Gasteiger partial charge in [-0.1, -0.05) is 23.9 Å². The number of para-hydroxylation sites is 2. The van der Waals surface area contributed by atoms with Gasteiger partial charge in [0, 0.05) is 11.6 Å². The number of H-pyrrole nitrogens is 1. The number of nitrogens with one attached hydrogen (secondary N) is 1. The molecule has 2 heterocycles. The Morgan fingerprint density at radius 2 is 1.75 bits per heavy atom. The number of nitrogens with zero attached hydrogens (tertiary/aromatic N) is 4. The molecule has 1 N–H and O–H groups in total. The maximum atomic E-state index is 13.6. The van der Waals surface area contributed by atoms with E-state index in [-0.39, 0.29) is 22.4 Å². The van der Waals surface area contributed by atoms with Crippen molar-refractivity contribution < 1.29 is 17.6 Å². The highest BCUT2D eigenvalue weighted by molar-refractivity contribution is 7.99.